The van der Waals surface area contributed by atoms with E-state index in [4.69, 9.17) is 16.3 Å². The van der Waals surface area contributed by atoms with E-state index in [1.807, 2.05) is 0 Å². The van der Waals surface area contributed by atoms with E-state index in [0.29, 0.717) is 18.8 Å². The molecule has 1 aliphatic rings. The van der Waals surface area contributed by atoms with Gasteiger partial charge >= 0.3 is 6.18 Å². The third-order valence-electron chi connectivity index (χ3n) is 4.46. The Labute approximate surface area is 176 Å². The van der Waals surface area contributed by atoms with Crippen LogP contribution in [0.1, 0.15) is 21.5 Å². The first-order valence-corrected chi connectivity index (χ1v) is 10.9. The first-order valence-electron chi connectivity index (χ1n) is 8.89. The lowest BCUT2D eigenvalue weighted by Crippen LogP contribution is -2.41. The number of anilines is 1. The summed E-state index contributed by atoms with van der Waals surface area (Å²) >= 11 is 5.63. The van der Waals surface area contributed by atoms with E-state index in [9.17, 15) is 26.4 Å². The van der Waals surface area contributed by atoms with E-state index in [0.717, 1.165) is 12.1 Å². The number of nitrogens with zero attached hydrogens (tertiary/aromatic N) is 1. The number of amides is 1. The number of carbonyl (C=O) groups is 1. The number of nitrogens with one attached hydrogen (secondary N) is 1. The zero-order chi connectivity index (χ0) is 21.9. The number of benzene rings is 2. The highest BCUT2D eigenvalue weighted by molar-refractivity contribution is 7.88. The van der Waals surface area contributed by atoms with Crippen LogP contribution in [0.4, 0.5) is 18.9 Å². The average Bonchev–Trinajstić information content (AvgIpc) is 2.69. The van der Waals surface area contributed by atoms with E-state index in [-0.39, 0.29) is 29.4 Å². The minimum Gasteiger partial charge on any atom is -0.379 e. The molecule has 0 saturated carbocycles. The standard InChI is InChI=1S/C19H18ClF3N2O4S/c20-15-5-6-17(16(11-15)19(21,22)23)24-18(26)14-3-1-13(2-4-14)12-30(27,28)25-7-9-29-10-8-25/h1-6,11H,7-10,12H2,(H,24,26). The largest absolute Gasteiger partial charge is 0.418 e. The molecular formula is C19H18ClF3N2O4S. The highest BCUT2D eigenvalue weighted by Gasteiger charge is 2.34. The van der Waals surface area contributed by atoms with Gasteiger partial charge in [-0.25, -0.2) is 8.42 Å². The van der Waals surface area contributed by atoms with Crippen molar-refractivity contribution in [3.63, 3.8) is 0 Å². The Bertz CT molecular complexity index is 1020. The van der Waals surface area contributed by atoms with Crippen LogP contribution in [0.5, 0.6) is 0 Å². The summed E-state index contributed by atoms with van der Waals surface area (Å²) in [7, 11) is -3.53. The minimum atomic E-state index is -4.69. The molecule has 162 valence electrons. The summed E-state index contributed by atoms with van der Waals surface area (Å²) in [6.45, 7) is 1.24. The first kappa shape index (κ1) is 22.5. The molecule has 0 aromatic heterocycles. The molecule has 3 rings (SSSR count). The van der Waals surface area contributed by atoms with Crippen molar-refractivity contribution in [2.24, 2.45) is 0 Å². The number of halogens is 4. The number of morpholine rings is 1. The van der Waals surface area contributed by atoms with Crippen molar-refractivity contribution in [2.45, 2.75) is 11.9 Å². The Hall–Kier alpha value is -2.14. The van der Waals surface area contributed by atoms with Crippen molar-refractivity contribution in [3.05, 3.63) is 64.2 Å². The van der Waals surface area contributed by atoms with Crippen molar-refractivity contribution in [1.82, 2.24) is 4.31 Å². The maximum atomic E-state index is 13.2. The van der Waals surface area contributed by atoms with Gasteiger partial charge in [0, 0.05) is 23.7 Å². The highest BCUT2D eigenvalue weighted by atomic mass is 35.5. The fourth-order valence-corrected chi connectivity index (χ4v) is 4.61. The maximum absolute atomic E-state index is 13.2. The normalized spacial score (nSPS) is 15.7. The summed E-state index contributed by atoms with van der Waals surface area (Å²) in [5, 5.41) is 2.12. The Morgan fingerprint density at radius 1 is 1.10 bits per heavy atom. The molecule has 0 spiro atoms. The molecule has 1 aliphatic heterocycles. The monoisotopic (exact) mass is 462 g/mol. The zero-order valence-electron chi connectivity index (χ0n) is 15.6. The molecule has 1 N–H and O–H groups in total. The molecule has 0 aliphatic carbocycles. The molecule has 11 heteroatoms. The van der Waals surface area contributed by atoms with Gasteiger partial charge in [0.05, 0.1) is 30.2 Å². The summed E-state index contributed by atoms with van der Waals surface area (Å²) in [5.74, 6) is -1.00. The van der Waals surface area contributed by atoms with Gasteiger partial charge in [0.1, 0.15) is 0 Å². The predicted octanol–water partition coefficient (Wildman–Crippen LogP) is 3.77. The molecule has 2 aromatic rings. The number of sulfonamides is 1. The lowest BCUT2D eigenvalue weighted by molar-refractivity contribution is -0.136. The van der Waals surface area contributed by atoms with Gasteiger partial charge in [0.2, 0.25) is 10.0 Å². The van der Waals surface area contributed by atoms with Crippen LogP contribution in [0, 0.1) is 0 Å². The van der Waals surface area contributed by atoms with Crippen molar-refractivity contribution >= 4 is 33.2 Å². The van der Waals surface area contributed by atoms with E-state index in [1.54, 1.807) is 0 Å². The summed E-state index contributed by atoms with van der Waals surface area (Å²) in [4.78, 5) is 12.4. The molecule has 0 bridgehead atoms. The second kappa shape index (κ2) is 8.93. The number of hydrogen-bond acceptors (Lipinski definition) is 4. The maximum Gasteiger partial charge on any atom is 0.418 e. The average molecular weight is 463 g/mol. The molecule has 2 aromatic carbocycles. The van der Waals surface area contributed by atoms with E-state index in [1.165, 1.54) is 34.6 Å². The van der Waals surface area contributed by atoms with Crippen LogP contribution in [-0.4, -0.2) is 44.9 Å². The number of rotatable bonds is 5. The molecule has 1 fully saturated rings. The molecule has 1 heterocycles. The molecular weight excluding hydrogens is 445 g/mol. The van der Waals surface area contributed by atoms with Gasteiger partial charge in [0.15, 0.2) is 0 Å². The van der Waals surface area contributed by atoms with Crippen LogP contribution in [-0.2, 0) is 26.7 Å². The van der Waals surface area contributed by atoms with Crippen molar-refractivity contribution in [1.29, 1.82) is 0 Å². The topological polar surface area (TPSA) is 75.7 Å². The highest BCUT2D eigenvalue weighted by Crippen LogP contribution is 2.36. The van der Waals surface area contributed by atoms with Gasteiger partial charge in [-0.15, -0.1) is 0 Å². The van der Waals surface area contributed by atoms with E-state index in [2.05, 4.69) is 5.32 Å². The fourth-order valence-electron chi connectivity index (χ4n) is 2.93. The number of alkyl halides is 3. The second-order valence-corrected chi connectivity index (χ2v) is 9.01. The van der Waals surface area contributed by atoms with Crippen molar-refractivity contribution in [3.8, 4) is 0 Å². The van der Waals surface area contributed by atoms with Gasteiger partial charge in [-0.2, -0.15) is 17.5 Å². The Balaban J connectivity index is 1.72. The quantitative estimate of drug-likeness (QED) is 0.734. The minimum absolute atomic E-state index is 0.0885. The Morgan fingerprint density at radius 3 is 2.33 bits per heavy atom. The summed E-state index contributed by atoms with van der Waals surface area (Å²) in [6, 6.07) is 8.69. The van der Waals surface area contributed by atoms with Gasteiger partial charge in [-0.05, 0) is 35.9 Å². The summed E-state index contributed by atoms with van der Waals surface area (Å²) in [5.41, 5.74) is -0.932. The van der Waals surface area contributed by atoms with Gasteiger partial charge in [-0.3, -0.25) is 4.79 Å². The first-order chi connectivity index (χ1) is 14.1. The lowest BCUT2D eigenvalue weighted by Gasteiger charge is -2.26. The van der Waals surface area contributed by atoms with Crippen LogP contribution in [0.2, 0.25) is 5.02 Å². The number of ether oxygens (including phenoxy) is 1. The fraction of sp³-hybridized carbons (Fsp3) is 0.316. The number of carbonyl (C=O) groups excluding carboxylic acids is 1. The molecule has 6 nitrogen and oxygen atoms in total. The van der Waals surface area contributed by atoms with Crippen LogP contribution in [0.25, 0.3) is 0 Å². The van der Waals surface area contributed by atoms with Crippen molar-refractivity contribution in [2.75, 3.05) is 31.6 Å². The van der Waals surface area contributed by atoms with Gasteiger partial charge in [-0.1, -0.05) is 23.7 Å². The smallest absolute Gasteiger partial charge is 0.379 e. The molecule has 0 radical (unpaired) electrons. The van der Waals surface area contributed by atoms with Crippen LogP contribution in [0.15, 0.2) is 42.5 Å². The second-order valence-electron chi connectivity index (χ2n) is 6.61. The third-order valence-corrected chi connectivity index (χ3v) is 6.55. The van der Waals surface area contributed by atoms with Crippen LogP contribution in [0.3, 0.4) is 0 Å². The zero-order valence-corrected chi connectivity index (χ0v) is 17.1. The van der Waals surface area contributed by atoms with Crippen LogP contribution >= 0.6 is 11.6 Å². The van der Waals surface area contributed by atoms with Gasteiger partial charge in [0.25, 0.3) is 5.91 Å². The lowest BCUT2D eigenvalue weighted by atomic mass is 10.1. The molecule has 30 heavy (non-hydrogen) atoms. The summed E-state index contributed by atoms with van der Waals surface area (Å²) in [6.07, 6.45) is -4.69. The van der Waals surface area contributed by atoms with Crippen LogP contribution < -0.4 is 5.32 Å². The Kier molecular flexibility index (Phi) is 6.71. The van der Waals surface area contributed by atoms with E-state index >= 15 is 0 Å². The predicted molar refractivity (Wildman–Crippen MR) is 106 cm³/mol. The molecule has 1 saturated heterocycles. The number of hydrogen-bond donors (Lipinski definition) is 1. The molecule has 0 unspecified atom stereocenters. The van der Waals surface area contributed by atoms with E-state index < -0.39 is 33.4 Å². The SMILES string of the molecule is O=C(Nc1ccc(Cl)cc1C(F)(F)F)c1ccc(CS(=O)(=O)N2CCOCC2)cc1. The summed E-state index contributed by atoms with van der Waals surface area (Å²) < 4.78 is 70.9. The molecule has 1 amide bonds. The van der Waals surface area contributed by atoms with Crippen molar-refractivity contribution < 1.29 is 31.1 Å². The molecule has 0 atom stereocenters. The Morgan fingerprint density at radius 2 is 1.73 bits per heavy atom. The van der Waals surface area contributed by atoms with Gasteiger partial charge < -0.3 is 10.1 Å². The third kappa shape index (κ3) is 5.51.